The second kappa shape index (κ2) is 19.5. The molecule has 6 rings (SSSR count). The molecule has 330 valence electrons. The molecule has 2 aromatic rings. The normalized spacial score (nSPS) is 22.7. The highest BCUT2D eigenvalue weighted by Crippen LogP contribution is 2.29. The van der Waals surface area contributed by atoms with Crippen molar-refractivity contribution in [1.82, 2.24) is 19.6 Å². The van der Waals surface area contributed by atoms with Gasteiger partial charge in [0.15, 0.2) is 0 Å². The third-order valence-corrected chi connectivity index (χ3v) is 18.1. The third kappa shape index (κ3) is 12.1. The highest BCUT2D eigenvalue weighted by molar-refractivity contribution is 6.65. The average Bonchev–Trinajstić information content (AvgIpc) is 3.16. The molecule has 0 aromatic heterocycles. The van der Waals surface area contributed by atoms with E-state index in [0.717, 1.165) is 0 Å². The predicted molar refractivity (Wildman–Crippen MR) is 233 cm³/mol. The molecular weight excluding hydrogens is 841 g/mol. The fourth-order valence-electron chi connectivity index (χ4n) is 7.50. The molecule has 0 aliphatic carbocycles. The molecular formula is C40H62N4O12Si4. The molecule has 0 unspecified atom stereocenters. The van der Waals surface area contributed by atoms with Crippen LogP contribution in [-0.4, -0.2) is 183 Å². The Morgan fingerprint density at radius 1 is 0.350 bits per heavy atom. The molecule has 16 nitrogen and oxygen atoms in total. The van der Waals surface area contributed by atoms with Gasteiger partial charge in [0.25, 0.3) is 23.6 Å². The van der Waals surface area contributed by atoms with Crippen LogP contribution < -0.4 is 0 Å². The molecule has 4 amide bonds. The summed E-state index contributed by atoms with van der Waals surface area (Å²) in [7, 11) is -9.21. The van der Waals surface area contributed by atoms with Crippen molar-refractivity contribution in [2.75, 3.05) is 105 Å². The smallest absolute Gasteiger partial charge is 0.331 e. The largest absolute Gasteiger partial charge is 0.393 e. The highest BCUT2D eigenvalue weighted by atomic mass is 28.4. The third-order valence-electron chi connectivity index (χ3n) is 10.9. The first-order chi connectivity index (χ1) is 28.3. The summed E-state index contributed by atoms with van der Waals surface area (Å²) in [6.07, 6.45) is 0. The first-order valence-corrected chi connectivity index (χ1v) is 32.2. The zero-order valence-electron chi connectivity index (χ0n) is 36.5. The van der Waals surface area contributed by atoms with Crippen molar-refractivity contribution in [1.29, 1.82) is 0 Å². The monoisotopic (exact) mass is 902 g/mol. The van der Waals surface area contributed by atoms with Crippen molar-refractivity contribution in [3.05, 3.63) is 58.7 Å². The summed E-state index contributed by atoms with van der Waals surface area (Å²) in [5.41, 5.74) is 2.08. The number of carbonyl (C=O) groups is 4. The van der Waals surface area contributed by atoms with E-state index in [1.165, 1.54) is 0 Å². The van der Waals surface area contributed by atoms with E-state index in [1.54, 1.807) is 56.0 Å². The average molecular weight is 903 g/mol. The van der Waals surface area contributed by atoms with Crippen LogP contribution in [0.4, 0.5) is 0 Å². The summed E-state index contributed by atoms with van der Waals surface area (Å²) in [4.78, 5) is 64.5. The second-order valence-electron chi connectivity index (χ2n) is 17.1. The molecule has 60 heavy (non-hydrogen) atoms. The van der Waals surface area contributed by atoms with Gasteiger partial charge in [-0.25, -0.2) is 0 Å². The van der Waals surface area contributed by atoms with Crippen molar-refractivity contribution in [3.63, 3.8) is 0 Å². The van der Waals surface area contributed by atoms with Crippen LogP contribution in [0.5, 0.6) is 0 Å². The molecule has 0 bridgehead atoms. The molecule has 0 spiro atoms. The van der Waals surface area contributed by atoms with Crippen molar-refractivity contribution >= 4 is 57.9 Å². The Hall–Kier alpha value is -3.13. The Labute approximate surface area is 358 Å². The lowest BCUT2D eigenvalue weighted by Crippen LogP contribution is -2.47. The molecule has 4 fully saturated rings. The van der Waals surface area contributed by atoms with Gasteiger partial charge < -0.3 is 55.0 Å². The lowest BCUT2D eigenvalue weighted by molar-refractivity contribution is 0.0561. The first kappa shape index (κ1) is 46.4. The number of carbonyl (C=O) groups excluding carboxylic acids is 4. The van der Waals surface area contributed by atoms with Gasteiger partial charge in [0.2, 0.25) is 0 Å². The number of amides is 4. The summed E-state index contributed by atoms with van der Waals surface area (Å²) >= 11 is 0. The van der Waals surface area contributed by atoms with E-state index in [9.17, 15) is 19.2 Å². The topological polar surface area (TPSA) is 155 Å². The van der Waals surface area contributed by atoms with Crippen LogP contribution in [0.15, 0.2) is 36.4 Å². The molecule has 4 heterocycles. The van der Waals surface area contributed by atoms with E-state index >= 15 is 0 Å². The van der Waals surface area contributed by atoms with E-state index in [0.29, 0.717) is 116 Å². The standard InChI is InChI=1S/C40H62N4O12Si4/c1-57(2)49-21-13-41(14-22-50-57)37(45)33-11-9-31(29-35(33)39(47)43-17-25-53-59(5,6)54-26-18-43)32-10-12-34(38(46)42-15-23-51-58(3,4)52-24-16-42)36(30-32)40(48)44-19-27-55-60(7,8)56-28-20-44/h9-12,29-30H,13-28H2,1-8H3. The van der Waals surface area contributed by atoms with Crippen LogP contribution in [0, 0.1) is 0 Å². The van der Waals surface area contributed by atoms with Gasteiger partial charge in [-0.15, -0.1) is 0 Å². The van der Waals surface area contributed by atoms with Gasteiger partial charge in [0.1, 0.15) is 0 Å². The van der Waals surface area contributed by atoms with Crippen molar-refractivity contribution in [2.45, 2.75) is 52.4 Å². The van der Waals surface area contributed by atoms with E-state index in [4.69, 9.17) is 35.4 Å². The first-order valence-electron chi connectivity index (χ1n) is 20.9. The summed E-state index contributed by atoms with van der Waals surface area (Å²) in [6, 6.07) is 10.3. The van der Waals surface area contributed by atoms with E-state index in [2.05, 4.69) is 0 Å². The molecule has 20 heteroatoms. The number of rotatable bonds is 5. The van der Waals surface area contributed by atoms with Crippen LogP contribution in [0.2, 0.25) is 52.4 Å². The zero-order chi connectivity index (χ0) is 43.3. The van der Waals surface area contributed by atoms with E-state index < -0.39 is 34.2 Å². The molecule has 4 saturated heterocycles. The quantitative estimate of drug-likeness (QED) is 0.397. The molecule has 4 aliphatic heterocycles. The van der Waals surface area contributed by atoms with Crippen LogP contribution in [0.1, 0.15) is 41.4 Å². The zero-order valence-corrected chi connectivity index (χ0v) is 40.5. The van der Waals surface area contributed by atoms with Gasteiger partial charge in [0.05, 0.1) is 75.1 Å². The Kier molecular flexibility index (Phi) is 15.1. The van der Waals surface area contributed by atoms with Gasteiger partial charge in [0, 0.05) is 52.4 Å². The van der Waals surface area contributed by atoms with Gasteiger partial charge in [-0.3, -0.25) is 19.2 Å². The Morgan fingerprint density at radius 2 is 0.550 bits per heavy atom. The summed E-state index contributed by atoms with van der Waals surface area (Å²) < 4.78 is 48.1. The van der Waals surface area contributed by atoms with Gasteiger partial charge in [-0.2, -0.15) is 0 Å². The fourth-order valence-corrected chi connectivity index (χ4v) is 12.5. The maximum absolute atomic E-state index is 14.6. The Bertz CT molecular complexity index is 1720. The highest BCUT2D eigenvalue weighted by Gasteiger charge is 2.35. The van der Waals surface area contributed by atoms with Crippen molar-refractivity contribution in [2.24, 2.45) is 0 Å². The van der Waals surface area contributed by atoms with Crippen LogP contribution >= 0.6 is 0 Å². The minimum absolute atomic E-state index is 0.207. The summed E-state index contributed by atoms with van der Waals surface area (Å²) in [5, 5.41) is 0. The fraction of sp³-hybridized carbons (Fsp3) is 0.600. The molecule has 0 radical (unpaired) electrons. The summed E-state index contributed by atoms with van der Waals surface area (Å²) in [6.45, 7) is 21.0. The summed E-state index contributed by atoms with van der Waals surface area (Å²) in [5.74, 6) is -1.32. The van der Waals surface area contributed by atoms with Crippen molar-refractivity contribution < 1.29 is 54.6 Å². The van der Waals surface area contributed by atoms with E-state index in [1.807, 2.05) is 52.4 Å². The van der Waals surface area contributed by atoms with Crippen LogP contribution in [0.3, 0.4) is 0 Å². The molecule has 4 aliphatic rings. The van der Waals surface area contributed by atoms with Crippen molar-refractivity contribution in [3.8, 4) is 11.1 Å². The number of benzene rings is 2. The minimum Gasteiger partial charge on any atom is -0.393 e. The molecule has 0 atom stereocenters. The second-order valence-corrected chi connectivity index (χ2v) is 30.6. The van der Waals surface area contributed by atoms with Gasteiger partial charge in [-0.1, -0.05) is 12.1 Å². The Balaban J connectivity index is 1.38. The van der Waals surface area contributed by atoms with E-state index in [-0.39, 0.29) is 45.9 Å². The lowest BCUT2D eigenvalue weighted by atomic mass is 9.94. The maximum Gasteiger partial charge on any atom is 0.331 e. The maximum atomic E-state index is 14.6. The molecule has 0 saturated carbocycles. The van der Waals surface area contributed by atoms with Crippen LogP contribution in [0.25, 0.3) is 11.1 Å². The Morgan fingerprint density at radius 3 is 0.767 bits per heavy atom. The molecule has 0 N–H and O–H groups in total. The SMILES string of the molecule is C[Si]1(C)OCCN(C(=O)c2ccc(-c3ccc(C(=O)N4CCO[Si](C)(C)OCC4)c(C(=O)N4CCO[Si](C)(C)OCC4)c3)cc2C(=O)N2CCO[Si](C)(C)OCC2)CCO1. The predicted octanol–water partition coefficient (Wildman–Crippen LogP) is 4.12. The lowest BCUT2D eigenvalue weighted by Gasteiger charge is -2.33. The van der Waals surface area contributed by atoms with Gasteiger partial charge in [-0.05, 0) is 87.8 Å². The molecule has 2 aromatic carbocycles. The number of hydrogen-bond donors (Lipinski definition) is 0. The van der Waals surface area contributed by atoms with Crippen LogP contribution in [-0.2, 0) is 35.4 Å². The minimum atomic E-state index is -2.31. The number of hydrogen-bond acceptors (Lipinski definition) is 12. The van der Waals surface area contributed by atoms with Gasteiger partial charge >= 0.3 is 34.2 Å². The number of nitrogens with zero attached hydrogens (tertiary/aromatic N) is 4.